The van der Waals surface area contributed by atoms with E-state index in [2.05, 4.69) is 4.98 Å². The molecule has 0 N–H and O–H groups in total. The van der Waals surface area contributed by atoms with Crippen molar-refractivity contribution in [2.24, 2.45) is 0 Å². The summed E-state index contributed by atoms with van der Waals surface area (Å²) in [5, 5.41) is 0.602. The van der Waals surface area contributed by atoms with Crippen molar-refractivity contribution in [3.63, 3.8) is 0 Å². The van der Waals surface area contributed by atoms with Crippen LogP contribution >= 0.6 is 11.3 Å². The molecule has 0 saturated carbocycles. The molecule has 0 radical (unpaired) electrons. The van der Waals surface area contributed by atoms with Crippen LogP contribution in [0.4, 0.5) is 5.13 Å². The molecule has 1 amide bonds. The van der Waals surface area contributed by atoms with Gasteiger partial charge in [0.05, 0.1) is 21.7 Å². The molecule has 4 aromatic rings. The summed E-state index contributed by atoms with van der Waals surface area (Å²) in [5.41, 5.74) is 2.22. The molecule has 0 atom stereocenters. The van der Waals surface area contributed by atoms with E-state index in [1.165, 1.54) is 27.8 Å². The standard InChI is InChI=1S/C25H25N3O3S2/c1-3-27(4-2)33(30,31)21-16-14-20(15-17-21)24(29)28(18-19-10-6-5-7-11-19)25-26-22-12-8-9-13-23(22)32-25/h5-17H,3-4,18H2,1-2H3. The third-order valence-corrected chi connectivity index (χ3v) is 8.51. The van der Waals surface area contributed by atoms with Gasteiger partial charge in [-0.3, -0.25) is 9.69 Å². The lowest BCUT2D eigenvalue weighted by molar-refractivity contribution is 0.0985. The van der Waals surface area contributed by atoms with Gasteiger partial charge in [0.1, 0.15) is 0 Å². The minimum absolute atomic E-state index is 0.178. The van der Waals surface area contributed by atoms with Gasteiger partial charge in [-0.05, 0) is 42.0 Å². The Hall–Kier alpha value is -3.07. The topological polar surface area (TPSA) is 70.6 Å². The van der Waals surface area contributed by atoms with E-state index in [4.69, 9.17) is 0 Å². The summed E-state index contributed by atoms with van der Waals surface area (Å²) >= 11 is 1.46. The van der Waals surface area contributed by atoms with Crippen LogP contribution in [0, 0.1) is 0 Å². The lowest BCUT2D eigenvalue weighted by atomic mass is 10.1. The number of hydrogen-bond donors (Lipinski definition) is 0. The minimum atomic E-state index is -3.58. The number of hydrogen-bond acceptors (Lipinski definition) is 5. The molecule has 0 bridgehead atoms. The highest BCUT2D eigenvalue weighted by atomic mass is 32.2. The number of sulfonamides is 1. The number of nitrogens with zero attached hydrogens (tertiary/aromatic N) is 3. The molecule has 6 nitrogen and oxygen atoms in total. The molecule has 8 heteroatoms. The summed E-state index contributed by atoms with van der Waals surface area (Å²) in [5.74, 6) is -0.232. The third kappa shape index (κ3) is 4.83. The Bertz CT molecular complexity index is 1310. The van der Waals surface area contributed by atoms with E-state index in [0.29, 0.717) is 30.3 Å². The summed E-state index contributed by atoms with van der Waals surface area (Å²) in [6.07, 6.45) is 0. The van der Waals surface area contributed by atoms with Gasteiger partial charge >= 0.3 is 0 Å². The van der Waals surface area contributed by atoms with Crippen molar-refractivity contribution in [2.75, 3.05) is 18.0 Å². The van der Waals surface area contributed by atoms with Crippen LogP contribution in [0.2, 0.25) is 0 Å². The van der Waals surface area contributed by atoms with E-state index in [1.807, 2.05) is 54.6 Å². The van der Waals surface area contributed by atoms with Crippen LogP contribution in [-0.2, 0) is 16.6 Å². The summed E-state index contributed by atoms with van der Waals surface area (Å²) in [7, 11) is -3.58. The van der Waals surface area contributed by atoms with E-state index in [0.717, 1.165) is 15.8 Å². The van der Waals surface area contributed by atoms with Crippen LogP contribution in [-0.4, -0.2) is 36.7 Å². The number of aromatic nitrogens is 1. The zero-order chi connectivity index (χ0) is 23.4. The Morgan fingerprint density at radius 3 is 2.15 bits per heavy atom. The van der Waals surface area contributed by atoms with Gasteiger partial charge in [-0.2, -0.15) is 4.31 Å². The number of carbonyl (C=O) groups excluding carboxylic acids is 1. The molecule has 1 heterocycles. The van der Waals surface area contributed by atoms with Crippen LogP contribution < -0.4 is 4.90 Å². The van der Waals surface area contributed by atoms with Crippen molar-refractivity contribution in [3.8, 4) is 0 Å². The lowest BCUT2D eigenvalue weighted by Crippen LogP contribution is -2.31. The Kier molecular flexibility index (Phi) is 6.88. The molecular weight excluding hydrogens is 454 g/mol. The maximum absolute atomic E-state index is 13.6. The molecule has 0 spiro atoms. The summed E-state index contributed by atoms with van der Waals surface area (Å²) in [6.45, 7) is 4.75. The number of thiazole rings is 1. The average molecular weight is 480 g/mol. The van der Waals surface area contributed by atoms with Crippen molar-refractivity contribution in [3.05, 3.63) is 90.0 Å². The van der Waals surface area contributed by atoms with Crippen molar-refractivity contribution in [2.45, 2.75) is 25.3 Å². The first-order valence-electron chi connectivity index (χ1n) is 10.8. The molecule has 0 unspecified atom stereocenters. The number of carbonyl (C=O) groups is 1. The maximum atomic E-state index is 13.6. The second kappa shape index (κ2) is 9.82. The van der Waals surface area contributed by atoms with E-state index < -0.39 is 10.0 Å². The van der Waals surface area contributed by atoms with Crippen LogP contribution in [0.5, 0.6) is 0 Å². The highest BCUT2D eigenvalue weighted by Gasteiger charge is 2.24. The first-order valence-corrected chi connectivity index (χ1v) is 13.0. The molecule has 0 aliphatic rings. The number of benzene rings is 3. The van der Waals surface area contributed by atoms with E-state index >= 15 is 0 Å². The van der Waals surface area contributed by atoms with Crippen LogP contribution in [0.15, 0.2) is 83.8 Å². The van der Waals surface area contributed by atoms with Gasteiger partial charge in [0.2, 0.25) is 10.0 Å². The highest BCUT2D eigenvalue weighted by molar-refractivity contribution is 7.89. The first kappa shape index (κ1) is 23.1. The van der Waals surface area contributed by atoms with E-state index in [1.54, 1.807) is 30.9 Å². The van der Waals surface area contributed by atoms with Crippen molar-refractivity contribution < 1.29 is 13.2 Å². The monoisotopic (exact) mass is 479 g/mol. The predicted molar refractivity (Wildman–Crippen MR) is 133 cm³/mol. The largest absolute Gasteiger partial charge is 0.279 e. The number of fused-ring (bicyclic) bond motifs is 1. The van der Waals surface area contributed by atoms with Gasteiger partial charge in [0.25, 0.3) is 5.91 Å². The van der Waals surface area contributed by atoms with E-state index in [-0.39, 0.29) is 10.8 Å². The van der Waals surface area contributed by atoms with Crippen molar-refractivity contribution in [1.82, 2.24) is 9.29 Å². The molecule has 4 rings (SSSR count). The van der Waals surface area contributed by atoms with Gasteiger partial charge in [-0.1, -0.05) is 67.6 Å². The fraction of sp³-hybridized carbons (Fsp3) is 0.200. The summed E-state index contributed by atoms with van der Waals surface area (Å²) in [6, 6.07) is 23.7. The molecule has 0 aliphatic heterocycles. The molecule has 33 heavy (non-hydrogen) atoms. The Morgan fingerprint density at radius 1 is 0.879 bits per heavy atom. The minimum Gasteiger partial charge on any atom is -0.279 e. The summed E-state index contributed by atoms with van der Waals surface area (Å²) in [4.78, 5) is 20.1. The lowest BCUT2D eigenvalue weighted by Gasteiger charge is -2.21. The van der Waals surface area contributed by atoms with Gasteiger partial charge in [0, 0.05) is 18.7 Å². The van der Waals surface area contributed by atoms with Gasteiger partial charge < -0.3 is 0 Å². The molecule has 1 aromatic heterocycles. The molecule has 0 aliphatic carbocycles. The normalized spacial score (nSPS) is 11.7. The van der Waals surface area contributed by atoms with Crippen molar-refractivity contribution >= 4 is 42.6 Å². The Morgan fingerprint density at radius 2 is 1.52 bits per heavy atom. The smallest absolute Gasteiger partial charge is 0.260 e. The van der Waals surface area contributed by atoms with Crippen LogP contribution in [0.3, 0.4) is 0 Å². The molecule has 0 saturated heterocycles. The molecule has 0 fully saturated rings. The van der Waals surface area contributed by atoms with Gasteiger partial charge in [-0.25, -0.2) is 13.4 Å². The number of amides is 1. The zero-order valence-corrected chi connectivity index (χ0v) is 20.1. The number of para-hydroxylation sites is 1. The Balaban J connectivity index is 1.69. The predicted octanol–water partition coefficient (Wildman–Crippen LogP) is 5.17. The SMILES string of the molecule is CCN(CC)S(=O)(=O)c1ccc(C(=O)N(Cc2ccccc2)c2nc3ccccc3s2)cc1. The highest BCUT2D eigenvalue weighted by Crippen LogP contribution is 2.31. The zero-order valence-electron chi connectivity index (χ0n) is 18.5. The van der Waals surface area contributed by atoms with Gasteiger partial charge in [-0.15, -0.1) is 0 Å². The number of anilines is 1. The van der Waals surface area contributed by atoms with Crippen LogP contribution in [0.25, 0.3) is 10.2 Å². The fourth-order valence-corrected chi connectivity index (χ4v) is 6.03. The molecule has 3 aromatic carbocycles. The molecule has 170 valence electrons. The maximum Gasteiger partial charge on any atom is 0.260 e. The average Bonchev–Trinajstić information content (AvgIpc) is 3.27. The quantitative estimate of drug-likeness (QED) is 0.349. The second-order valence-electron chi connectivity index (χ2n) is 7.45. The summed E-state index contributed by atoms with van der Waals surface area (Å²) < 4.78 is 28.0. The van der Waals surface area contributed by atoms with Crippen molar-refractivity contribution in [1.29, 1.82) is 0 Å². The first-order chi connectivity index (χ1) is 15.9. The Labute approximate surface area is 198 Å². The fourth-order valence-electron chi connectivity index (χ4n) is 3.61. The number of rotatable bonds is 8. The van der Waals surface area contributed by atoms with Gasteiger partial charge in [0.15, 0.2) is 5.13 Å². The third-order valence-electron chi connectivity index (χ3n) is 5.39. The van der Waals surface area contributed by atoms with E-state index in [9.17, 15) is 13.2 Å². The van der Waals surface area contributed by atoms with Crippen LogP contribution in [0.1, 0.15) is 29.8 Å². The molecular formula is C25H25N3O3S2. The second-order valence-corrected chi connectivity index (χ2v) is 10.4.